The van der Waals surface area contributed by atoms with Crippen LogP contribution in [0.4, 0.5) is 0 Å². The van der Waals surface area contributed by atoms with Gasteiger partial charge in [-0.25, -0.2) is 5.43 Å². The number of hydrazone groups is 1. The van der Waals surface area contributed by atoms with E-state index in [1.807, 2.05) is 31.2 Å². The summed E-state index contributed by atoms with van der Waals surface area (Å²) in [5, 5.41) is 4.01. The smallest absolute Gasteiger partial charge is 0.271 e. The Balaban J connectivity index is 1.94. The molecule has 0 atom stereocenters. The maximum absolute atomic E-state index is 12.1. The van der Waals surface area contributed by atoms with Gasteiger partial charge in [-0.2, -0.15) is 5.10 Å². The molecule has 0 spiro atoms. The summed E-state index contributed by atoms with van der Waals surface area (Å²) >= 11 is 0. The number of hydrogen-bond acceptors (Lipinski definition) is 4. The Bertz CT molecular complexity index is 709. The fourth-order valence-corrected chi connectivity index (χ4v) is 2.06. The number of nitrogens with zero attached hydrogens (tertiary/aromatic N) is 1. The van der Waals surface area contributed by atoms with Gasteiger partial charge in [-0.05, 0) is 49.2 Å². The van der Waals surface area contributed by atoms with Gasteiger partial charge < -0.3 is 9.47 Å². The highest BCUT2D eigenvalue weighted by Gasteiger charge is 2.05. The SMILES string of the molecule is CCOc1ccccc1/C=N/NC(=O)c1ccc(OCC(C)C)cc1. The van der Waals surface area contributed by atoms with Crippen LogP contribution < -0.4 is 14.9 Å². The number of carbonyl (C=O) groups is 1. The predicted octanol–water partition coefficient (Wildman–Crippen LogP) is 3.88. The number of ether oxygens (including phenoxy) is 2. The van der Waals surface area contributed by atoms with Crippen LogP contribution in [0.25, 0.3) is 0 Å². The van der Waals surface area contributed by atoms with E-state index in [-0.39, 0.29) is 5.91 Å². The van der Waals surface area contributed by atoms with E-state index in [0.717, 1.165) is 17.1 Å². The van der Waals surface area contributed by atoms with Crippen LogP contribution in [0.15, 0.2) is 53.6 Å². The first-order valence-electron chi connectivity index (χ1n) is 8.38. The lowest BCUT2D eigenvalue weighted by Crippen LogP contribution is -2.17. The molecule has 0 radical (unpaired) electrons. The van der Waals surface area contributed by atoms with Crippen molar-refractivity contribution in [3.8, 4) is 11.5 Å². The maximum atomic E-state index is 12.1. The second-order valence-corrected chi connectivity index (χ2v) is 5.90. The summed E-state index contributed by atoms with van der Waals surface area (Å²) in [6, 6.07) is 14.5. The highest BCUT2D eigenvalue weighted by atomic mass is 16.5. The topological polar surface area (TPSA) is 59.9 Å². The highest BCUT2D eigenvalue weighted by molar-refractivity contribution is 5.95. The average molecular weight is 340 g/mol. The van der Waals surface area contributed by atoms with Crippen molar-refractivity contribution in [1.82, 2.24) is 5.43 Å². The molecule has 25 heavy (non-hydrogen) atoms. The number of rotatable bonds is 8. The van der Waals surface area contributed by atoms with Crippen LogP contribution in [0.2, 0.25) is 0 Å². The van der Waals surface area contributed by atoms with E-state index >= 15 is 0 Å². The van der Waals surface area contributed by atoms with Gasteiger partial charge in [-0.3, -0.25) is 4.79 Å². The van der Waals surface area contributed by atoms with Crippen LogP contribution in [0.5, 0.6) is 11.5 Å². The van der Waals surface area contributed by atoms with Gasteiger partial charge in [0.25, 0.3) is 5.91 Å². The van der Waals surface area contributed by atoms with Crippen LogP contribution in [-0.4, -0.2) is 25.3 Å². The molecule has 0 aliphatic heterocycles. The van der Waals surface area contributed by atoms with Crippen LogP contribution in [0, 0.1) is 5.92 Å². The molecule has 2 aromatic carbocycles. The normalized spacial score (nSPS) is 10.9. The largest absolute Gasteiger partial charge is 0.493 e. The minimum absolute atomic E-state index is 0.277. The van der Waals surface area contributed by atoms with Crippen molar-refractivity contribution in [3.05, 3.63) is 59.7 Å². The molecule has 0 saturated heterocycles. The molecule has 1 amide bonds. The first-order valence-corrected chi connectivity index (χ1v) is 8.38. The third-order valence-electron chi connectivity index (χ3n) is 3.29. The number of hydrogen-bond donors (Lipinski definition) is 1. The van der Waals surface area contributed by atoms with E-state index in [1.54, 1.807) is 30.5 Å². The van der Waals surface area contributed by atoms with E-state index in [0.29, 0.717) is 24.7 Å². The molecule has 0 heterocycles. The van der Waals surface area contributed by atoms with Crippen LogP contribution in [-0.2, 0) is 0 Å². The second kappa shape index (κ2) is 9.47. The number of benzene rings is 2. The van der Waals surface area contributed by atoms with Gasteiger partial charge in [0.1, 0.15) is 11.5 Å². The summed E-state index contributed by atoms with van der Waals surface area (Å²) in [7, 11) is 0. The standard InChI is InChI=1S/C20H24N2O3/c1-4-24-19-8-6-5-7-17(19)13-21-22-20(23)16-9-11-18(12-10-16)25-14-15(2)3/h5-13,15H,4,14H2,1-3H3,(H,22,23)/b21-13+. The second-order valence-electron chi connectivity index (χ2n) is 5.90. The van der Waals surface area contributed by atoms with Crippen molar-refractivity contribution in [3.63, 3.8) is 0 Å². The van der Waals surface area contributed by atoms with Gasteiger partial charge >= 0.3 is 0 Å². The van der Waals surface area contributed by atoms with Crippen molar-refractivity contribution in [2.24, 2.45) is 11.0 Å². The van der Waals surface area contributed by atoms with E-state index in [4.69, 9.17) is 9.47 Å². The molecule has 2 rings (SSSR count). The number of nitrogens with one attached hydrogen (secondary N) is 1. The first-order chi connectivity index (χ1) is 12.1. The molecule has 5 heteroatoms. The van der Waals surface area contributed by atoms with Crippen molar-refractivity contribution in [2.75, 3.05) is 13.2 Å². The molecule has 0 aliphatic carbocycles. The lowest BCUT2D eigenvalue weighted by molar-refractivity contribution is 0.0955. The summed E-state index contributed by atoms with van der Waals surface area (Å²) in [6.07, 6.45) is 1.57. The van der Waals surface area contributed by atoms with Crippen molar-refractivity contribution >= 4 is 12.1 Å². The zero-order chi connectivity index (χ0) is 18.1. The van der Waals surface area contributed by atoms with E-state index in [1.165, 1.54) is 0 Å². The minimum atomic E-state index is -0.277. The zero-order valence-corrected chi connectivity index (χ0v) is 14.9. The summed E-state index contributed by atoms with van der Waals surface area (Å²) in [5.41, 5.74) is 3.85. The molecular formula is C20H24N2O3. The Hall–Kier alpha value is -2.82. The Morgan fingerprint density at radius 3 is 2.52 bits per heavy atom. The molecule has 5 nitrogen and oxygen atoms in total. The predicted molar refractivity (Wildman–Crippen MR) is 99.4 cm³/mol. The molecule has 0 aromatic heterocycles. The van der Waals surface area contributed by atoms with Gasteiger partial charge in [0, 0.05) is 11.1 Å². The van der Waals surface area contributed by atoms with Gasteiger partial charge in [-0.15, -0.1) is 0 Å². The van der Waals surface area contributed by atoms with Gasteiger partial charge in [0.05, 0.1) is 19.4 Å². The Labute approximate surface area is 148 Å². The summed E-state index contributed by atoms with van der Waals surface area (Å²) < 4.78 is 11.1. The monoisotopic (exact) mass is 340 g/mol. The number of carbonyl (C=O) groups excluding carboxylic acids is 1. The fourth-order valence-electron chi connectivity index (χ4n) is 2.06. The summed E-state index contributed by atoms with van der Waals surface area (Å²) in [6.45, 7) is 7.31. The van der Waals surface area contributed by atoms with Crippen molar-refractivity contribution in [1.29, 1.82) is 0 Å². The minimum Gasteiger partial charge on any atom is -0.493 e. The molecule has 2 aromatic rings. The zero-order valence-electron chi connectivity index (χ0n) is 14.9. The summed E-state index contributed by atoms with van der Waals surface area (Å²) in [4.78, 5) is 12.1. The van der Waals surface area contributed by atoms with Crippen molar-refractivity contribution in [2.45, 2.75) is 20.8 Å². The average Bonchev–Trinajstić information content (AvgIpc) is 2.62. The lowest BCUT2D eigenvalue weighted by atomic mass is 10.2. The molecule has 0 fully saturated rings. The molecular weight excluding hydrogens is 316 g/mol. The molecule has 0 unspecified atom stereocenters. The third kappa shape index (κ3) is 5.95. The number of amides is 1. The van der Waals surface area contributed by atoms with E-state index in [9.17, 15) is 4.79 Å². The Morgan fingerprint density at radius 1 is 1.12 bits per heavy atom. The summed E-state index contributed by atoms with van der Waals surface area (Å²) in [5.74, 6) is 1.66. The van der Waals surface area contributed by atoms with Crippen LogP contribution in [0.3, 0.4) is 0 Å². The molecule has 132 valence electrons. The van der Waals surface area contributed by atoms with Crippen LogP contribution in [0.1, 0.15) is 36.7 Å². The highest BCUT2D eigenvalue weighted by Crippen LogP contribution is 2.16. The molecule has 0 bridgehead atoms. The number of para-hydroxylation sites is 1. The fraction of sp³-hybridized carbons (Fsp3) is 0.300. The maximum Gasteiger partial charge on any atom is 0.271 e. The Kier molecular flexibility index (Phi) is 7.01. The molecule has 1 N–H and O–H groups in total. The van der Waals surface area contributed by atoms with Gasteiger partial charge in [-0.1, -0.05) is 26.0 Å². The Morgan fingerprint density at radius 2 is 1.84 bits per heavy atom. The molecule has 0 aliphatic rings. The van der Waals surface area contributed by atoms with Crippen LogP contribution >= 0.6 is 0 Å². The quantitative estimate of drug-likeness (QED) is 0.586. The first kappa shape index (κ1) is 18.5. The van der Waals surface area contributed by atoms with Gasteiger partial charge in [0.2, 0.25) is 0 Å². The van der Waals surface area contributed by atoms with Gasteiger partial charge in [0.15, 0.2) is 0 Å². The van der Waals surface area contributed by atoms with E-state index < -0.39 is 0 Å². The van der Waals surface area contributed by atoms with Crippen molar-refractivity contribution < 1.29 is 14.3 Å². The molecule has 0 saturated carbocycles. The van der Waals surface area contributed by atoms with E-state index in [2.05, 4.69) is 24.4 Å². The lowest BCUT2D eigenvalue weighted by Gasteiger charge is -2.09. The third-order valence-corrected chi connectivity index (χ3v) is 3.29.